The number of halogens is 6. The van der Waals surface area contributed by atoms with Gasteiger partial charge in [0.2, 0.25) is 0 Å². The van der Waals surface area contributed by atoms with Crippen molar-refractivity contribution < 1.29 is 41.3 Å². The van der Waals surface area contributed by atoms with Gasteiger partial charge in [0.05, 0.1) is 6.04 Å². The zero-order valence-corrected chi connectivity index (χ0v) is 9.53. The van der Waals surface area contributed by atoms with Crippen molar-refractivity contribution >= 4 is 0 Å². The summed E-state index contributed by atoms with van der Waals surface area (Å²) < 4.78 is 76.2. The van der Waals surface area contributed by atoms with E-state index >= 15 is 0 Å². The summed E-state index contributed by atoms with van der Waals surface area (Å²) in [5, 5.41) is 18.3. The van der Waals surface area contributed by atoms with Gasteiger partial charge < -0.3 is 20.7 Å². The molecule has 2 atom stereocenters. The van der Waals surface area contributed by atoms with Gasteiger partial charge in [0, 0.05) is 5.56 Å². The number of benzene rings is 1. The monoisotopic (exact) mass is 305 g/mol. The Hall–Kier alpha value is -1.68. The fourth-order valence-electron chi connectivity index (χ4n) is 1.37. The number of aliphatic hydroxyl groups excluding tert-OH is 1. The van der Waals surface area contributed by atoms with Crippen molar-refractivity contribution in [3.05, 3.63) is 23.8 Å². The largest absolute Gasteiger partial charge is 0.573 e. The second-order valence-electron chi connectivity index (χ2n) is 3.78. The molecule has 0 aliphatic rings. The molecule has 1 aromatic carbocycles. The van der Waals surface area contributed by atoms with Crippen molar-refractivity contribution in [2.24, 2.45) is 5.73 Å². The smallest absolute Gasteiger partial charge is 0.508 e. The molecule has 0 aromatic heterocycles. The van der Waals surface area contributed by atoms with E-state index in [1.165, 1.54) is 0 Å². The SMILES string of the molecule is N[C@@H](c1cc(OC(F)(F)F)ccc1O)[C@H](O)C(F)(F)F. The minimum absolute atomic E-state index is 0.475. The highest BCUT2D eigenvalue weighted by Gasteiger charge is 2.43. The van der Waals surface area contributed by atoms with Gasteiger partial charge in [0.1, 0.15) is 11.5 Å². The first-order chi connectivity index (χ1) is 8.92. The maximum atomic E-state index is 12.3. The normalized spacial score (nSPS) is 15.8. The number of alkyl halides is 6. The standard InChI is InChI=1S/C10H9F6NO3/c11-9(12,13)8(19)7(17)5-3-4(1-2-6(5)18)20-10(14,15)16/h1-3,7-8,18-19H,17H2/t7-,8-/m0/s1. The highest BCUT2D eigenvalue weighted by molar-refractivity contribution is 5.41. The van der Waals surface area contributed by atoms with Gasteiger partial charge >= 0.3 is 12.5 Å². The molecule has 0 bridgehead atoms. The van der Waals surface area contributed by atoms with Crippen molar-refractivity contribution in [2.45, 2.75) is 24.7 Å². The Balaban J connectivity index is 3.08. The third-order valence-corrected chi connectivity index (χ3v) is 2.27. The van der Waals surface area contributed by atoms with Crippen molar-refractivity contribution in [2.75, 3.05) is 0 Å². The van der Waals surface area contributed by atoms with Gasteiger partial charge in [-0.05, 0) is 18.2 Å². The van der Waals surface area contributed by atoms with Gasteiger partial charge in [0.25, 0.3) is 0 Å². The molecule has 0 spiro atoms. The fraction of sp³-hybridized carbons (Fsp3) is 0.400. The molecule has 0 aliphatic heterocycles. The Morgan fingerprint density at radius 2 is 1.65 bits per heavy atom. The summed E-state index contributed by atoms with van der Waals surface area (Å²) in [6, 6.07) is -0.312. The van der Waals surface area contributed by atoms with Crippen LogP contribution in [0.1, 0.15) is 11.6 Å². The number of phenols is 1. The number of ether oxygens (including phenoxy) is 1. The van der Waals surface area contributed by atoms with Gasteiger partial charge in [-0.1, -0.05) is 0 Å². The summed E-state index contributed by atoms with van der Waals surface area (Å²) in [6.45, 7) is 0. The van der Waals surface area contributed by atoms with Crippen LogP contribution in [0.2, 0.25) is 0 Å². The lowest BCUT2D eigenvalue weighted by atomic mass is 10.0. The van der Waals surface area contributed by atoms with Gasteiger partial charge in [0.15, 0.2) is 6.10 Å². The molecule has 114 valence electrons. The zero-order valence-electron chi connectivity index (χ0n) is 9.53. The Labute approximate surface area is 108 Å². The van der Waals surface area contributed by atoms with E-state index in [9.17, 15) is 31.4 Å². The molecule has 20 heavy (non-hydrogen) atoms. The molecule has 4 N–H and O–H groups in total. The fourth-order valence-corrected chi connectivity index (χ4v) is 1.37. The van der Waals surface area contributed by atoms with Gasteiger partial charge in [-0.15, -0.1) is 13.2 Å². The van der Waals surface area contributed by atoms with Crippen molar-refractivity contribution in [1.82, 2.24) is 0 Å². The van der Waals surface area contributed by atoms with Crippen LogP contribution in [0.5, 0.6) is 11.5 Å². The van der Waals surface area contributed by atoms with Crippen LogP contribution in [-0.2, 0) is 0 Å². The maximum Gasteiger partial charge on any atom is 0.573 e. The van der Waals surface area contributed by atoms with E-state index in [1.54, 1.807) is 0 Å². The number of rotatable bonds is 3. The molecule has 0 radical (unpaired) electrons. The molecule has 0 unspecified atom stereocenters. The third kappa shape index (κ3) is 4.17. The van der Waals surface area contributed by atoms with Crippen molar-refractivity contribution in [3.8, 4) is 11.5 Å². The molecular weight excluding hydrogens is 296 g/mol. The summed E-state index contributed by atoms with van der Waals surface area (Å²) in [5.74, 6) is -1.66. The van der Waals surface area contributed by atoms with E-state index in [4.69, 9.17) is 10.8 Å². The summed E-state index contributed by atoms with van der Waals surface area (Å²) in [5.41, 5.74) is 4.37. The van der Waals surface area contributed by atoms with E-state index in [0.717, 1.165) is 0 Å². The van der Waals surface area contributed by atoms with Crippen LogP contribution in [0.15, 0.2) is 18.2 Å². The third-order valence-electron chi connectivity index (χ3n) is 2.27. The van der Waals surface area contributed by atoms with Crippen LogP contribution in [0, 0.1) is 0 Å². The van der Waals surface area contributed by atoms with E-state index < -0.39 is 41.7 Å². The van der Waals surface area contributed by atoms with Crippen molar-refractivity contribution in [1.29, 1.82) is 0 Å². The Morgan fingerprint density at radius 3 is 2.10 bits per heavy atom. The van der Waals surface area contributed by atoms with Crippen LogP contribution in [0.25, 0.3) is 0 Å². The predicted octanol–water partition coefficient (Wildman–Crippen LogP) is 2.21. The van der Waals surface area contributed by atoms with E-state index in [2.05, 4.69) is 4.74 Å². The first-order valence-corrected chi connectivity index (χ1v) is 5.01. The van der Waals surface area contributed by atoms with Crippen LogP contribution < -0.4 is 10.5 Å². The number of aromatic hydroxyl groups is 1. The molecular formula is C10H9F6NO3. The average molecular weight is 305 g/mol. The number of phenolic OH excluding ortho intramolecular Hbond substituents is 1. The summed E-state index contributed by atoms with van der Waals surface area (Å²) >= 11 is 0. The van der Waals surface area contributed by atoms with Gasteiger partial charge in [-0.3, -0.25) is 0 Å². The topological polar surface area (TPSA) is 75.7 Å². The van der Waals surface area contributed by atoms with E-state index in [1.807, 2.05) is 0 Å². The minimum Gasteiger partial charge on any atom is -0.508 e. The lowest BCUT2D eigenvalue weighted by molar-refractivity contribution is -0.274. The Bertz CT molecular complexity index is 473. The summed E-state index contributed by atoms with van der Waals surface area (Å²) in [6.07, 6.45) is -13.2. The summed E-state index contributed by atoms with van der Waals surface area (Å²) in [7, 11) is 0. The Morgan fingerprint density at radius 1 is 1.10 bits per heavy atom. The first kappa shape index (κ1) is 16.4. The van der Waals surface area contributed by atoms with Crippen LogP contribution in [0.3, 0.4) is 0 Å². The van der Waals surface area contributed by atoms with E-state index in [0.29, 0.717) is 18.2 Å². The molecule has 0 saturated heterocycles. The van der Waals surface area contributed by atoms with Gasteiger partial charge in [-0.2, -0.15) is 13.2 Å². The van der Waals surface area contributed by atoms with E-state index in [-0.39, 0.29) is 0 Å². The molecule has 0 aliphatic carbocycles. The first-order valence-electron chi connectivity index (χ1n) is 5.01. The lowest BCUT2D eigenvalue weighted by Gasteiger charge is -2.22. The number of hydrogen-bond donors (Lipinski definition) is 3. The lowest BCUT2D eigenvalue weighted by Crippen LogP contribution is -2.38. The number of nitrogens with two attached hydrogens (primary N) is 1. The zero-order chi connectivity index (χ0) is 15.7. The van der Waals surface area contributed by atoms with Crippen LogP contribution in [-0.4, -0.2) is 28.9 Å². The van der Waals surface area contributed by atoms with Crippen LogP contribution in [0.4, 0.5) is 26.3 Å². The second-order valence-corrected chi connectivity index (χ2v) is 3.78. The van der Waals surface area contributed by atoms with Crippen molar-refractivity contribution in [3.63, 3.8) is 0 Å². The molecule has 0 fully saturated rings. The maximum absolute atomic E-state index is 12.3. The predicted molar refractivity (Wildman–Crippen MR) is 53.8 cm³/mol. The highest BCUT2D eigenvalue weighted by atomic mass is 19.4. The molecule has 1 rings (SSSR count). The highest BCUT2D eigenvalue weighted by Crippen LogP contribution is 2.35. The quantitative estimate of drug-likeness (QED) is 0.748. The number of aliphatic hydroxyl groups is 1. The molecule has 0 amide bonds. The number of hydrogen-bond acceptors (Lipinski definition) is 4. The van der Waals surface area contributed by atoms with Crippen LogP contribution >= 0.6 is 0 Å². The molecule has 1 aromatic rings. The minimum atomic E-state index is -5.09. The second kappa shape index (κ2) is 5.37. The Kier molecular flexibility index (Phi) is 4.39. The average Bonchev–Trinajstić information content (AvgIpc) is 2.26. The molecule has 4 nitrogen and oxygen atoms in total. The molecule has 0 heterocycles. The molecule has 0 saturated carbocycles. The van der Waals surface area contributed by atoms with Gasteiger partial charge in [-0.25, -0.2) is 0 Å². The summed E-state index contributed by atoms with van der Waals surface area (Å²) in [4.78, 5) is 0. The molecule has 10 heteroatoms.